The van der Waals surface area contributed by atoms with Crippen molar-refractivity contribution in [1.29, 1.82) is 0 Å². The lowest BCUT2D eigenvalue weighted by atomic mass is 10.1. The third kappa shape index (κ3) is 4.36. The fourth-order valence-electron chi connectivity index (χ4n) is 2.59. The zero-order valence-corrected chi connectivity index (χ0v) is 16.6. The molecule has 0 atom stereocenters. The van der Waals surface area contributed by atoms with Crippen molar-refractivity contribution < 1.29 is 18.7 Å². The maximum Gasteiger partial charge on any atom is 0.293 e. The first kappa shape index (κ1) is 19.1. The summed E-state index contributed by atoms with van der Waals surface area (Å²) in [7, 11) is 3.73. The van der Waals surface area contributed by atoms with Gasteiger partial charge in [0.05, 0.1) is 11.4 Å². The van der Waals surface area contributed by atoms with Gasteiger partial charge < -0.3 is 14.1 Å². The maximum absolute atomic E-state index is 12.5. The van der Waals surface area contributed by atoms with E-state index in [1.807, 2.05) is 57.1 Å². The van der Waals surface area contributed by atoms with Gasteiger partial charge in [-0.2, -0.15) is 0 Å². The Hall–Kier alpha value is -2.67. The first-order chi connectivity index (χ1) is 12.8. The molecule has 1 aromatic heterocycles. The van der Waals surface area contributed by atoms with Gasteiger partial charge in [-0.3, -0.25) is 14.5 Å². The summed E-state index contributed by atoms with van der Waals surface area (Å²) in [5.74, 6) is 1.67. The minimum absolute atomic E-state index is 0.205. The van der Waals surface area contributed by atoms with Crippen LogP contribution >= 0.6 is 11.8 Å². The first-order valence-corrected chi connectivity index (χ1v) is 9.39. The van der Waals surface area contributed by atoms with E-state index in [9.17, 15) is 9.59 Å². The molecule has 0 aliphatic carbocycles. The van der Waals surface area contributed by atoms with Crippen molar-refractivity contribution in [2.24, 2.45) is 0 Å². The van der Waals surface area contributed by atoms with E-state index in [-0.39, 0.29) is 24.3 Å². The Morgan fingerprint density at radius 2 is 1.96 bits per heavy atom. The molecule has 7 heteroatoms. The van der Waals surface area contributed by atoms with Gasteiger partial charge in [-0.15, -0.1) is 0 Å². The van der Waals surface area contributed by atoms with E-state index in [1.165, 1.54) is 4.90 Å². The molecule has 2 heterocycles. The van der Waals surface area contributed by atoms with Crippen LogP contribution in [-0.2, 0) is 4.79 Å². The topological polar surface area (TPSA) is 63.0 Å². The summed E-state index contributed by atoms with van der Waals surface area (Å²) in [6.07, 6.45) is 1.60. The molecule has 0 bridgehead atoms. The molecule has 1 fully saturated rings. The van der Waals surface area contributed by atoms with Crippen molar-refractivity contribution in [3.63, 3.8) is 0 Å². The van der Waals surface area contributed by atoms with Crippen LogP contribution in [0.1, 0.15) is 16.9 Å². The quantitative estimate of drug-likeness (QED) is 0.697. The van der Waals surface area contributed by atoms with Gasteiger partial charge >= 0.3 is 0 Å². The Morgan fingerprint density at radius 3 is 2.67 bits per heavy atom. The zero-order chi connectivity index (χ0) is 19.6. The molecular formula is C20H22N2O4S. The van der Waals surface area contributed by atoms with Crippen LogP contribution in [0.4, 0.5) is 10.7 Å². The number of imide groups is 1. The van der Waals surface area contributed by atoms with Crippen LogP contribution in [0.5, 0.6) is 5.75 Å². The standard InChI is InChI=1S/C20H22N2O4S/c1-13-5-6-14(2)16(11-13)25-10-9-22-19(23)17(27-20(22)24)12-15-7-8-18(26-15)21(3)4/h5-8,11-12H,9-10H2,1-4H3/b17-12-. The summed E-state index contributed by atoms with van der Waals surface area (Å²) in [5.41, 5.74) is 2.12. The Bertz CT molecular complexity index is 901. The number of benzene rings is 1. The largest absolute Gasteiger partial charge is 0.491 e. The molecule has 0 spiro atoms. The summed E-state index contributed by atoms with van der Waals surface area (Å²) in [5, 5.41) is -0.296. The van der Waals surface area contributed by atoms with E-state index < -0.39 is 0 Å². The van der Waals surface area contributed by atoms with Crippen LogP contribution in [0.3, 0.4) is 0 Å². The van der Waals surface area contributed by atoms with Crippen LogP contribution in [-0.4, -0.2) is 43.3 Å². The molecule has 142 valence electrons. The predicted molar refractivity (Wildman–Crippen MR) is 107 cm³/mol. The number of furan rings is 1. The number of hydrogen-bond donors (Lipinski definition) is 0. The summed E-state index contributed by atoms with van der Waals surface area (Å²) in [4.78, 5) is 28.1. The van der Waals surface area contributed by atoms with Gasteiger partial charge in [-0.05, 0) is 48.9 Å². The van der Waals surface area contributed by atoms with Crippen molar-refractivity contribution in [1.82, 2.24) is 4.90 Å². The second-order valence-corrected chi connectivity index (χ2v) is 7.51. The highest BCUT2D eigenvalue weighted by Crippen LogP contribution is 2.33. The molecule has 1 aromatic carbocycles. The average Bonchev–Trinajstić information content (AvgIpc) is 3.18. The molecule has 0 radical (unpaired) electrons. The van der Waals surface area contributed by atoms with E-state index in [1.54, 1.807) is 12.1 Å². The van der Waals surface area contributed by atoms with E-state index >= 15 is 0 Å². The van der Waals surface area contributed by atoms with Gasteiger partial charge in [0, 0.05) is 26.2 Å². The summed E-state index contributed by atoms with van der Waals surface area (Å²) in [6.45, 7) is 4.41. The molecule has 27 heavy (non-hydrogen) atoms. The summed E-state index contributed by atoms with van der Waals surface area (Å²) < 4.78 is 11.4. The number of carbonyl (C=O) groups is 2. The number of rotatable bonds is 6. The van der Waals surface area contributed by atoms with Gasteiger partial charge in [0.2, 0.25) is 0 Å². The zero-order valence-electron chi connectivity index (χ0n) is 15.8. The molecule has 2 amide bonds. The fourth-order valence-corrected chi connectivity index (χ4v) is 3.44. The fraction of sp³-hybridized carbons (Fsp3) is 0.300. The molecule has 1 saturated heterocycles. The van der Waals surface area contributed by atoms with E-state index in [0.29, 0.717) is 16.5 Å². The molecule has 6 nitrogen and oxygen atoms in total. The highest BCUT2D eigenvalue weighted by atomic mass is 32.2. The SMILES string of the molecule is Cc1ccc(C)c(OCCN2C(=O)S/C(=C\c3ccc(N(C)C)o3)C2=O)c1. The molecular weight excluding hydrogens is 364 g/mol. The second kappa shape index (κ2) is 7.92. The first-order valence-electron chi connectivity index (χ1n) is 8.58. The number of carbonyl (C=O) groups excluding carboxylic acids is 2. The van der Waals surface area contributed by atoms with Crippen molar-refractivity contribution in [2.75, 3.05) is 32.1 Å². The van der Waals surface area contributed by atoms with E-state index in [4.69, 9.17) is 9.15 Å². The highest BCUT2D eigenvalue weighted by molar-refractivity contribution is 8.18. The molecule has 0 unspecified atom stereocenters. The van der Waals surface area contributed by atoms with Gasteiger partial charge in [0.15, 0.2) is 5.88 Å². The summed E-state index contributed by atoms with van der Waals surface area (Å²) in [6, 6.07) is 9.53. The lowest BCUT2D eigenvalue weighted by molar-refractivity contribution is -0.123. The van der Waals surface area contributed by atoms with Crippen LogP contribution in [0.2, 0.25) is 0 Å². The van der Waals surface area contributed by atoms with Crippen molar-refractivity contribution in [3.05, 3.63) is 52.1 Å². The highest BCUT2D eigenvalue weighted by Gasteiger charge is 2.35. The minimum atomic E-state index is -0.322. The van der Waals surface area contributed by atoms with Gasteiger partial charge in [0.1, 0.15) is 18.1 Å². The molecule has 0 saturated carbocycles. The monoisotopic (exact) mass is 386 g/mol. The molecule has 1 aliphatic rings. The van der Waals surface area contributed by atoms with E-state index in [2.05, 4.69) is 0 Å². The number of nitrogens with zero attached hydrogens (tertiary/aromatic N) is 2. The molecule has 3 rings (SSSR count). The van der Waals surface area contributed by atoms with Gasteiger partial charge in [0.25, 0.3) is 11.1 Å². The lowest BCUT2D eigenvalue weighted by Crippen LogP contribution is -2.32. The lowest BCUT2D eigenvalue weighted by Gasteiger charge is -2.14. The van der Waals surface area contributed by atoms with Crippen LogP contribution in [0.25, 0.3) is 6.08 Å². The number of aryl methyl sites for hydroxylation is 2. The Kier molecular flexibility index (Phi) is 5.60. The molecule has 1 aliphatic heterocycles. The summed E-state index contributed by atoms with van der Waals surface area (Å²) >= 11 is 0.916. The van der Waals surface area contributed by atoms with Crippen LogP contribution < -0.4 is 9.64 Å². The van der Waals surface area contributed by atoms with Gasteiger partial charge in [-0.25, -0.2) is 0 Å². The van der Waals surface area contributed by atoms with Crippen LogP contribution in [0, 0.1) is 13.8 Å². The number of ether oxygens (including phenoxy) is 1. The minimum Gasteiger partial charge on any atom is -0.491 e. The van der Waals surface area contributed by atoms with Crippen molar-refractivity contribution in [2.45, 2.75) is 13.8 Å². The molecule has 0 N–H and O–H groups in total. The Morgan fingerprint density at radius 1 is 1.19 bits per heavy atom. The smallest absolute Gasteiger partial charge is 0.293 e. The normalized spacial score (nSPS) is 15.7. The Labute approximate surface area is 162 Å². The number of thioether (sulfide) groups is 1. The maximum atomic E-state index is 12.5. The second-order valence-electron chi connectivity index (χ2n) is 6.52. The number of amides is 2. The number of anilines is 1. The predicted octanol–water partition coefficient (Wildman–Crippen LogP) is 4.08. The average molecular weight is 386 g/mol. The van der Waals surface area contributed by atoms with E-state index in [0.717, 1.165) is 28.6 Å². The van der Waals surface area contributed by atoms with Crippen molar-refractivity contribution >= 4 is 34.9 Å². The molecule has 2 aromatic rings. The third-order valence-corrected chi connectivity index (χ3v) is 5.02. The number of hydrogen-bond acceptors (Lipinski definition) is 6. The van der Waals surface area contributed by atoms with Crippen LogP contribution in [0.15, 0.2) is 39.7 Å². The Balaban J connectivity index is 1.63. The van der Waals surface area contributed by atoms with Crippen molar-refractivity contribution in [3.8, 4) is 5.75 Å². The van der Waals surface area contributed by atoms with Gasteiger partial charge in [-0.1, -0.05) is 12.1 Å². The third-order valence-electron chi connectivity index (χ3n) is 4.12.